The summed E-state index contributed by atoms with van der Waals surface area (Å²) in [5.41, 5.74) is 0.866. The molecule has 0 saturated heterocycles. The number of carboxylic acid groups (broad SMARTS) is 1. The first-order valence-corrected chi connectivity index (χ1v) is 6.98. The number of hydrogen-bond acceptors (Lipinski definition) is 4. The lowest BCUT2D eigenvalue weighted by Crippen LogP contribution is -2.25. The topological polar surface area (TPSA) is 97.5 Å². The average Bonchev–Trinajstić information content (AvgIpc) is 2.95. The zero-order chi connectivity index (χ0) is 15.4. The Morgan fingerprint density at radius 3 is 2.38 bits per heavy atom. The van der Waals surface area contributed by atoms with Crippen LogP contribution < -0.4 is 0 Å². The van der Waals surface area contributed by atoms with Gasteiger partial charge in [-0.1, -0.05) is 18.6 Å². The van der Waals surface area contributed by atoms with Gasteiger partial charge in [0.1, 0.15) is 5.78 Å². The molecule has 2 atom stereocenters. The minimum atomic E-state index is -0.888. The lowest BCUT2D eigenvalue weighted by Gasteiger charge is -2.14. The van der Waals surface area contributed by atoms with Gasteiger partial charge in [0.05, 0.1) is 10.8 Å². The lowest BCUT2D eigenvalue weighted by molar-refractivity contribution is -0.384. The van der Waals surface area contributed by atoms with Crippen molar-refractivity contribution in [2.45, 2.75) is 32.1 Å². The van der Waals surface area contributed by atoms with Gasteiger partial charge in [-0.05, 0) is 24.8 Å². The van der Waals surface area contributed by atoms with E-state index in [0.717, 1.165) is 12.0 Å². The number of aliphatic carboxylic acids is 1. The molecule has 6 heteroatoms. The number of nitro groups is 1. The molecule has 0 aromatic heterocycles. The van der Waals surface area contributed by atoms with Crippen LogP contribution in [0.3, 0.4) is 0 Å². The van der Waals surface area contributed by atoms with Crippen molar-refractivity contribution in [1.29, 1.82) is 0 Å². The number of hydrogen-bond donors (Lipinski definition) is 1. The lowest BCUT2D eigenvalue weighted by atomic mass is 9.89. The van der Waals surface area contributed by atoms with Gasteiger partial charge in [-0.15, -0.1) is 0 Å². The number of carboxylic acids is 1. The van der Waals surface area contributed by atoms with E-state index in [0.29, 0.717) is 19.3 Å². The number of carbonyl (C=O) groups is 2. The van der Waals surface area contributed by atoms with Crippen molar-refractivity contribution in [3.8, 4) is 0 Å². The first-order valence-electron chi connectivity index (χ1n) is 6.98. The zero-order valence-corrected chi connectivity index (χ0v) is 11.5. The Bertz CT molecular complexity index is 552. The number of nitrogens with zero attached hydrogens (tertiary/aromatic N) is 1. The molecule has 1 aromatic rings. The molecule has 112 valence electrons. The molecule has 0 amide bonds. The minimum Gasteiger partial charge on any atom is -0.481 e. The Balaban J connectivity index is 1.91. The van der Waals surface area contributed by atoms with Gasteiger partial charge in [-0.25, -0.2) is 0 Å². The van der Waals surface area contributed by atoms with Crippen LogP contribution in [0.5, 0.6) is 0 Å². The molecule has 21 heavy (non-hydrogen) atoms. The summed E-state index contributed by atoms with van der Waals surface area (Å²) < 4.78 is 0. The Morgan fingerprint density at radius 2 is 1.81 bits per heavy atom. The van der Waals surface area contributed by atoms with Crippen molar-refractivity contribution >= 4 is 17.4 Å². The predicted molar refractivity (Wildman–Crippen MR) is 74.9 cm³/mol. The number of benzene rings is 1. The number of rotatable bonds is 6. The smallest absolute Gasteiger partial charge is 0.307 e. The average molecular weight is 291 g/mol. The number of non-ortho nitro benzene ring substituents is 1. The third kappa shape index (κ3) is 3.65. The van der Waals surface area contributed by atoms with E-state index in [4.69, 9.17) is 5.11 Å². The molecule has 0 spiro atoms. The number of aryl methyl sites for hydroxylation is 1. The molecule has 0 unspecified atom stereocenters. The highest BCUT2D eigenvalue weighted by Crippen LogP contribution is 2.33. The highest BCUT2D eigenvalue weighted by atomic mass is 16.6. The molecule has 1 saturated carbocycles. The van der Waals surface area contributed by atoms with Crippen molar-refractivity contribution in [3.05, 3.63) is 39.9 Å². The van der Waals surface area contributed by atoms with Crippen LogP contribution in [0.25, 0.3) is 0 Å². The van der Waals surface area contributed by atoms with Gasteiger partial charge in [-0.3, -0.25) is 19.7 Å². The van der Waals surface area contributed by atoms with E-state index in [1.807, 2.05) is 0 Å². The number of Topliss-reactive ketones (excluding diaryl/α,β-unsaturated/α-hetero) is 1. The summed E-state index contributed by atoms with van der Waals surface area (Å²) in [5.74, 6) is -1.82. The van der Waals surface area contributed by atoms with E-state index in [2.05, 4.69) is 0 Å². The van der Waals surface area contributed by atoms with Crippen LogP contribution in [0.1, 0.15) is 31.2 Å². The molecular weight excluding hydrogens is 274 g/mol. The molecular formula is C15H17NO5. The molecule has 2 rings (SSSR count). The molecule has 1 N–H and O–H groups in total. The van der Waals surface area contributed by atoms with E-state index in [9.17, 15) is 19.7 Å². The fourth-order valence-electron chi connectivity index (χ4n) is 2.88. The quantitative estimate of drug-likeness (QED) is 0.641. The van der Waals surface area contributed by atoms with Crippen molar-refractivity contribution < 1.29 is 19.6 Å². The fourth-order valence-corrected chi connectivity index (χ4v) is 2.88. The summed E-state index contributed by atoms with van der Waals surface area (Å²) in [6.45, 7) is 0. The van der Waals surface area contributed by atoms with Crippen molar-refractivity contribution in [3.63, 3.8) is 0 Å². The van der Waals surface area contributed by atoms with Gasteiger partial charge >= 0.3 is 5.97 Å². The predicted octanol–water partition coefficient (Wildman–Crippen LogP) is 2.60. The number of nitro benzene ring substituents is 1. The Hall–Kier alpha value is -2.24. The summed E-state index contributed by atoms with van der Waals surface area (Å²) in [6.07, 6.45) is 2.77. The third-order valence-corrected chi connectivity index (χ3v) is 4.05. The van der Waals surface area contributed by atoms with Crippen LogP contribution in [0.2, 0.25) is 0 Å². The minimum absolute atomic E-state index is 0.0155. The van der Waals surface area contributed by atoms with Crippen molar-refractivity contribution in [2.75, 3.05) is 0 Å². The highest BCUT2D eigenvalue weighted by Gasteiger charge is 2.36. The van der Waals surface area contributed by atoms with Crippen LogP contribution >= 0.6 is 0 Å². The molecule has 0 radical (unpaired) electrons. The van der Waals surface area contributed by atoms with Crippen LogP contribution in [0.4, 0.5) is 5.69 Å². The standard InChI is InChI=1S/C15H17NO5/c17-14(12-2-1-3-13(12)15(18)19)9-6-10-4-7-11(8-5-10)16(20)21/h4-5,7-8,12-13H,1-3,6,9H2,(H,18,19)/t12-,13-/m1/s1. The highest BCUT2D eigenvalue weighted by molar-refractivity contribution is 5.86. The van der Waals surface area contributed by atoms with Crippen LogP contribution in [0.15, 0.2) is 24.3 Å². The van der Waals surface area contributed by atoms with Gasteiger partial charge in [-0.2, -0.15) is 0 Å². The first kappa shape index (κ1) is 15.2. The zero-order valence-electron chi connectivity index (χ0n) is 11.5. The van der Waals surface area contributed by atoms with E-state index in [1.165, 1.54) is 12.1 Å². The van der Waals surface area contributed by atoms with Gasteiger partial charge in [0, 0.05) is 24.5 Å². The van der Waals surface area contributed by atoms with Gasteiger partial charge in [0.2, 0.25) is 0 Å². The van der Waals surface area contributed by atoms with Gasteiger partial charge < -0.3 is 5.11 Å². The molecule has 1 fully saturated rings. The summed E-state index contributed by atoms with van der Waals surface area (Å²) in [7, 11) is 0. The molecule has 6 nitrogen and oxygen atoms in total. The van der Waals surface area contributed by atoms with Crippen molar-refractivity contribution in [1.82, 2.24) is 0 Å². The summed E-state index contributed by atoms with van der Waals surface area (Å²) >= 11 is 0. The number of ketones is 1. The Kier molecular flexibility index (Phi) is 4.67. The summed E-state index contributed by atoms with van der Waals surface area (Å²) in [5, 5.41) is 19.6. The third-order valence-electron chi connectivity index (χ3n) is 4.05. The van der Waals surface area contributed by atoms with Crippen LogP contribution in [-0.4, -0.2) is 21.8 Å². The number of carbonyl (C=O) groups excluding carboxylic acids is 1. The van der Waals surface area contributed by atoms with Gasteiger partial charge in [0.25, 0.3) is 5.69 Å². The normalized spacial score (nSPS) is 21.1. The molecule has 0 aliphatic heterocycles. The molecule has 0 bridgehead atoms. The molecule has 1 aromatic carbocycles. The first-order chi connectivity index (χ1) is 9.99. The fraction of sp³-hybridized carbons (Fsp3) is 0.467. The molecule has 0 heterocycles. The SMILES string of the molecule is O=C(O)[C@@H]1CCC[C@H]1C(=O)CCc1ccc([N+](=O)[O-])cc1. The second kappa shape index (κ2) is 6.47. The van der Waals surface area contributed by atoms with Crippen LogP contribution in [-0.2, 0) is 16.0 Å². The van der Waals surface area contributed by atoms with E-state index in [1.54, 1.807) is 12.1 Å². The monoisotopic (exact) mass is 291 g/mol. The van der Waals surface area contributed by atoms with E-state index >= 15 is 0 Å². The maximum atomic E-state index is 12.1. The maximum Gasteiger partial charge on any atom is 0.307 e. The van der Waals surface area contributed by atoms with E-state index < -0.39 is 16.8 Å². The molecule has 1 aliphatic carbocycles. The molecule has 1 aliphatic rings. The van der Waals surface area contributed by atoms with Crippen molar-refractivity contribution in [2.24, 2.45) is 11.8 Å². The van der Waals surface area contributed by atoms with Gasteiger partial charge in [0.15, 0.2) is 0 Å². The Morgan fingerprint density at radius 1 is 1.19 bits per heavy atom. The van der Waals surface area contributed by atoms with E-state index in [-0.39, 0.29) is 23.8 Å². The summed E-state index contributed by atoms with van der Waals surface area (Å²) in [4.78, 5) is 33.3. The largest absolute Gasteiger partial charge is 0.481 e. The Labute approximate surface area is 121 Å². The maximum absolute atomic E-state index is 12.1. The summed E-state index contributed by atoms with van der Waals surface area (Å²) in [6, 6.07) is 6.09. The second-order valence-electron chi connectivity index (χ2n) is 5.37. The van der Waals surface area contributed by atoms with Crippen LogP contribution in [0, 0.1) is 22.0 Å². The second-order valence-corrected chi connectivity index (χ2v) is 5.37.